The first kappa shape index (κ1) is 22.0. The molecule has 0 bridgehead atoms. The van der Waals surface area contributed by atoms with Crippen LogP contribution in [-0.2, 0) is 33.4 Å². The predicted octanol–water partition coefficient (Wildman–Crippen LogP) is 3.15. The third kappa shape index (κ3) is 2.88. The third-order valence-electron chi connectivity index (χ3n) is 9.00. The van der Waals surface area contributed by atoms with Gasteiger partial charge in [0.1, 0.15) is 6.17 Å². The summed E-state index contributed by atoms with van der Waals surface area (Å²) in [5.74, 6) is -6.45. The maximum absolute atomic E-state index is 17.4. The minimum absolute atomic E-state index is 0.0704. The molecule has 0 unspecified atom stereocenters. The number of alkyl halides is 2. The molecule has 4 fully saturated rings. The van der Waals surface area contributed by atoms with E-state index in [4.69, 9.17) is 17.0 Å². The zero-order valence-corrected chi connectivity index (χ0v) is 20.3. The van der Waals surface area contributed by atoms with Gasteiger partial charge < -0.3 is 14.2 Å². The Morgan fingerprint density at radius 3 is 2.54 bits per heavy atom. The zero-order valence-electron chi connectivity index (χ0n) is 22.3. The van der Waals surface area contributed by atoms with Gasteiger partial charge in [0.05, 0.1) is 14.3 Å². The van der Waals surface area contributed by atoms with E-state index >= 15 is 8.78 Å². The lowest BCUT2D eigenvalue weighted by molar-refractivity contribution is -0.223. The number of halogens is 2. The second-order valence-corrected chi connectivity index (χ2v) is 11.3. The summed E-state index contributed by atoms with van der Waals surface area (Å²) in [7, 11) is 0. The highest BCUT2D eigenvalue weighted by molar-refractivity contribution is 6.03. The standard InChI is InChI=1S/C26H30F2O7/c1-13(29)33-12-20(32)26-21(34-22(2,3)35-26)10-15-16-9-18(27)17-8-14(30)6-7-23(17,4)25(16,28)19(31)11-24(15,26)5/h6-8,15-16,18,21H,9-12H2,1-5H3/t15-,16-,18-,21+,23-,24-,25-,26+/m0/s1/i6T,7T. The van der Waals surface area contributed by atoms with E-state index < -0.39 is 107 Å². The van der Waals surface area contributed by atoms with E-state index in [1.54, 1.807) is 20.8 Å². The molecule has 1 saturated heterocycles. The highest BCUT2D eigenvalue weighted by Crippen LogP contribution is 2.71. The molecule has 4 aliphatic carbocycles. The van der Waals surface area contributed by atoms with Crippen LogP contribution >= 0.6 is 0 Å². The Balaban J connectivity index is 1.66. The van der Waals surface area contributed by atoms with Crippen LogP contribution in [0.2, 0.25) is 0 Å². The summed E-state index contributed by atoms with van der Waals surface area (Å²) in [6.45, 7) is 6.58. The summed E-state index contributed by atoms with van der Waals surface area (Å²) >= 11 is 0. The molecule has 3 saturated carbocycles. The van der Waals surface area contributed by atoms with Gasteiger partial charge in [0.2, 0.25) is 5.78 Å². The minimum atomic E-state index is -2.79. The predicted molar refractivity (Wildman–Crippen MR) is 117 cm³/mol. The molecule has 5 aliphatic rings. The van der Waals surface area contributed by atoms with Crippen LogP contribution in [0.5, 0.6) is 0 Å². The van der Waals surface area contributed by atoms with Gasteiger partial charge in [-0.3, -0.25) is 19.2 Å². The van der Waals surface area contributed by atoms with Gasteiger partial charge in [-0.2, -0.15) is 0 Å². The van der Waals surface area contributed by atoms with Crippen molar-refractivity contribution in [3.8, 4) is 0 Å². The molecule has 0 spiro atoms. The van der Waals surface area contributed by atoms with Crippen LogP contribution in [-0.4, -0.2) is 59.3 Å². The molecule has 8 atom stereocenters. The van der Waals surface area contributed by atoms with Crippen LogP contribution in [0, 0.1) is 22.7 Å². The van der Waals surface area contributed by atoms with Gasteiger partial charge >= 0.3 is 5.97 Å². The molecule has 9 heteroatoms. The van der Waals surface area contributed by atoms with Crippen molar-refractivity contribution < 1.29 is 44.9 Å². The SMILES string of the molecule is [3H]C1=C([3H])[C@@]2(C)C(=CC1=O)[C@@H](F)C[C@H]1[C@@H]3C[C@H]4OC(C)(C)O[C@@]4(C(=O)COC(C)=O)[C@@]3(C)CC(=O)[C@@]12F. The Hall–Kier alpha value is -2.26. The first-order valence-electron chi connectivity index (χ1n) is 12.8. The van der Waals surface area contributed by atoms with Crippen molar-refractivity contribution in [3.63, 3.8) is 0 Å². The van der Waals surface area contributed by atoms with Crippen molar-refractivity contribution in [3.05, 3.63) is 23.8 Å². The smallest absolute Gasteiger partial charge is 0.303 e. The Labute approximate surface area is 205 Å². The number of carbonyl (C=O) groups excluding carboxylic acids is 4. The summed E-state index contributed by atoms with van der Waals surface area (Å²) < 4.78 is 66.9. The van der Waals surface area contributed by atoms with Crippen LogP contribution in [0.4, 0.5) is 8.78 Å². The topological polar surface area (TPSA) is 96.0 Å². The Bertz CT molecular complexity index is 1210. The highest BCUT2D eigenvalue weighted by atomic mass is 19.1. The highest BCUT2D eigenvalue weighted by Gasteiger charge is 2.81. The van der Waals surface area contributed by atoms with E-state index in [0.717, 1.165) is 13.0 Å². The van der Waals surface area contributed by atoms with Crippen molar-refractivity contribution in [2.75, 3.05) is 6.61 Å². The van der Waals surface area contributed by atoms with E-state index in [1.807, 2.05) is 0 Å². The Morgan fingerprint density at radius 2 is 1.89 bits per heavy atom. The fourth-order valence-electron chi connectivity index (χ4n) is 7.63. The molecule has 0 amide bonds. The fraction of sp³-hybridized carbons (Fsp3) is 0.692. The van der Waals surface area contributed by atoms with Gasteiger partial charge in [-0.15, -0.1) is 0 Å². The van der Waals surface area contributed by atoms with Crippen molar-refractivity contribution in [2.24, 2.45) is 22.7 Å². The van der Waals surface area contributed by atoms with Gasteiger partial charge in [0.15, 0.2) is 35.2 Å². The molecule has 0 aromatic heterocycles. The molecule has 0 N–H and O–H groups in total. The maximum Gasteiger partial charge on any atom is 0.303 e. The third-order valence-corrected chi connectivity index (χ3v) is 9.00. The molecule has 190 valence electrons. The zero-order chi connectivity index (χ0) is 27.5. The number of esters is 1. The number of ketones is 3. The maximum atomic E-state index is 17.4. The number of carbonyl (C=O) groups is 4. The summed E-state index contributed by atoms with van der Waals surface area (Å²) in [6, 6.07) is -1.50. The van der Waals surface area contributed by atoms with Crippen LogP contribution in [0.15, 0.2) is 23.8 Å². The van der Waals surface area contributed by atoms with E-state index in [-0.39, 0.29) is 12.0 Å². The Kier molecular flexibility index (Phi) is 4.49. The number of rotatable bonds is 3. The molecule has 35 heavy (non-hydrogen) atoms. The number of hydrogen-bond donors (Lipinski definition) is 0. The van der Waals surface area contributed by atoms with Crippen LogP contribution in [0.1, 0.15) is 56.6 Å². The van der Waals surface area contributed by atoms with Crippen LogP contribution in [0.3, 0.4) is 0 Å². The molecule has 0 aromatic carbocycles. The van der Waals surface area contributed by atoms with E-state index in [0.29, 0.717) is 0 Å². The van der Waals surface area contributed by atoms with Gasteiger partial charge in [-0.1, -0.05) is 13.0 Å². The quantitative estimate of drug-likeness (QED) is 0.554. The van der Waals surface area contributed by atoms with E-state index in [1.165, 1.54) is 6.92 Å². The summed E-state index contributed by atoms with van der Waals surface area (Å²) in [5.41, 5.74) is -8.32. The molecule has 1 aliphatic heterocycles. The van der Waals surface area contributed by atoms with Gasteiger partial charge in [-0.05, 0) is 57.2 Å². The normalized spacial score (nSPS) is 48.7. The van der Waals surface area contributed by atoms with Crippen LogP contribution in [0.25, 0.3) is 0 Å². The largest absolute Gasteiger partial charge is 0.458 e. The lowest BCUT2D eigenvalue weighted by Crippen LogP contribution is -2.69. The van der Waals surface area contributed by atoms with Crippen molar-refractivity contribution >= 4 is 23.3 Å². The van der Waals surface area contributed by atoms with Crippen LogP contribution < -0.4 is 0 Å². The summed E-state index contributed by atoms with van der Waals surface area (Å²) in [5, 5.41) is 0. The number of Topliss-reactive ketones (excluding diaryl/α,β-unsaturated/α-hetero) is 2. The molecule has 7 nitrogen and oxygen atoms in total. The van der Waals surface area contributed by atoms with Crippen molar-refractivity contribution in [2.45, 2.75) is 83.2 Å². The summed E-state index contributed by atoms with van der Waals surface area (Å²) in [4.78, 5) is 51.3. The minimum Gasteiger partial charge on any atom is -0.458 e. The lowest BCUT2D eigenvalue weighted by atomic mass is 9.45. The van der Waals surface area contributed by atoms with Gasteiger partial charge in [0.25, 0.3) is 0 Å². The fourth-order valence-corrected chi connectivity index (χ4v) is 7.63. The average molecular weight is 497 g/mol. The van der Waals surface area contributed by atoms with Gasteiger partial charge in [0, 0.05) is 24.7 Å². The molecule has 5 rings (SSSR count). The van der Waals surface area contributed by atoms with Crippen molar-refractivity contribution in [1.29, 1.82) is 0 Å². The number of fused-ring (bicyclic) bond motifs is 7. The van der Waals surface area contributed by atoms with E-state index in [2.05, 4.69) is 0 Å². The lowest BCUT2D eigenvalue weighted by Gasteiger charge is -2.60. The van der Waals surface area contributed by atoms with Crippen molar-refractivity contribution in [1.82, 2.24) is 0 Å². The number of hydrogen-bond acceptors (Lipinski definition) is 7. The second kappa shape index (κ2) is 7.16. The first-order valence-corrected chi connectivity index (χ1v) is 11.8. The number of allylic oxidation sites excluding steroid dienone is 4. The molecule has 0 aromatic rings. The number of ether oxygens (including phenoxy) is 3. The Morgan fingerprint density at radius 1 is 1.20 bits per heavy atom. The monoisotopic (exact) mass is 496 g/mol. The molecule has 1 heterocycles. The van der Waals surface area contributed by atoms with Gasteiger partial charge in [-0.25, -0.2) is 8.78 Å². The second-order valence-electron chi connectivity index (χ2n) is 11.3. The summed E-state index contributed by atoms with van der Waals surface area (Å²) in [6.07, 6.45) is -2.75. The molecular weight excluding hydrogens is 462 g/mol. The average Bonchev–Trinajstić information content (AvgIpc) is 3.21. The van der Waals surface area contributed by atoms with E-state index in [9.17, 15) is 19.2 Å². The molecular formula is C26H30F2O7. The first-order chi connectivity index (χ1) is 17.0. The molecule has 0 radical (unpaired) electrons.